The first-order chi connectivity index (χ1) is 12.2. The number of rotatable bonds is 6. The number of aryl methyl sites for hydroxylation is 1. The van der Waals surface area contributed by atoms with Crippen LogP contribution >= 0.6 is 0 Å². The second-order valence-electron chi connectivity index (χ2n) is 6.72. The monoisotopic (exact) mass is 342 g/mol. The van der Waals surface area contributed by atoms with Crippen LogP contribution in [0.2, 0.25) is 0 Å². The Balaban J connectivity index is 1.42. The maximum Gasteiger partial charge on any atom is 0.222 e. The van der Waals surface area contributed by atoms with Crippen LogP contribution in [0.3, 0.4) is 0 Å². The highest BCUT2D eigenvalue weighted by atomic mass is 16.2. The molecule has 1 fully saturated rings. The van der Waals surface area contributed by atoms with E-state index in [0.717, 1.165) is 57.4 Å². The Bertz CT molecular complexity index is 655. The molecule has 0 unspecified atom stereocenters. The number of hydrogen-bond donors (Lipinski definition) is 1. The van der Waals surface area contributed by atoms with Crippen molar-refractivity contribution < 1.29 is 4.79 Å². The van der Waals surface area contributed by atoms with Crippen molar-refractivity contribution in [1.82, 2.24) is 24.4 Å². The molecule has 0 aromatic carbocycles. The molecule has 0 saturated carbocycles. The lowest BCUT2D eigenvalue weighted by Gasteiger charge is -2.20. The lowest BCUT2D eigenvalue weighted by molar-refractivity contribution is -0.131. The first kappa shape index (κ1) is 17.4. The summed E-state index contributed by atoms with van der Waals surface area (Å²) in [7, 11) is 0. The number of nitrogens with zero attached hydrogens (tertiary/aromatic N) is 5. The van der Waals surface area contributed by atoms with Gasteiger partial charge >= 0.3 is 0 Å². The normalized spacial score (nSPS) is 18.1. The number of nitrogens with two attached hydrogens (primary N) is 1. The van der Waals surface area contributed by atoms with Gasteiger partial charge in [0.05, 0.1) is 24.4 Å². The third kappa shape index (κ3) is 5.27. The molecule has 25 heavy (non-hydrogen) atoms. The van der Waals surface area contributed by atoms with Crippen LogP contribution in [0.1, 0.15) is 37.8 Å². The van der Waals surface area contributed by atoms with Gasteiger partial charge in [0.15, 0.2) is 0 Å². The number of nitrogen functional groups attached to an aromatic ring is 1. The van der Waals surface area contributed by atoms with E-state index in [1.807, 2.05) is 15.7 Å². The van der Waals surface area contributed by atoms with Gasteiger partial charge in [-0.1, -0.05) is 0 Å². The number of imidazole rings is 1. The fourth-order valence-corrected chi connectivity index (χ4v) is 3.37. The Morgan fingerprint density at radius 2 is 2.16 bits per heavy atom. The van der Waals surface area contributed by atoms with Gasteiger partial charge in [-0.15, -0.1) is 0 Å². The van der Waals surface area contributed by atoms with Crippen LogP contribution in [-0.4, -0.2) is 43.4 Å². The molecule has 3 heterocycles. The fourth-order valence-electron chi connectivity index (χ4n) is 3.37. The lowest BCUT2D eigenvalue weighted by Crippen LogP contribution is -2.32. The standard InChI is InChI=1S/C18H26N6O/c19-17-13-21-16(12-22-17)11-15-3-1-8-24(9-5-15)18(25)4-2-7-23-10-6-20-14-23/h6,10,12-15H,1-5,7-9,11H2,(H2,19,22)/t15-/m0/s1. The molecular formula is C18H26N6O. The smallest absolute Gasteiger partial charge is 0.222 e. The van der Waals surface area contributed by atoms with Gasteiger partial charge in [-0.25, -0.2) is 9.97 Å². The number of likely N-dealkylation sites (tertiary alicyclic amines) is 1. The molecule has 134 valence electrons. The summed E-state index contributed by atoms with van der Waals surface area (Å²) >= 11 is 0. The fraction of sp³-hybridized carbons (Fsp3) is 0.556. The molecule has 7 heteroatoms. The number of hydrogen-bond acceptors (Lipinski definition) is 5. The molecule has 0 radical (unpaired) electrons. The topological polar surface area (TPSA) is 89.9 Å². The Kier molecular flexibility index (Phi) is 5.98. The Morgan fingerprint density at radius 3 is 2.92 bits per heavy atom. The molecule has 2 aromatic heterocycles. The number of aromatic nitrogens is 4. The highest BCUT2D eigenvalue weighted by Crippen LogP contribution is 2.21. The van der Waals surface area contributed by atoms with Gasteiger partial charge < -0.3 is 15.2 Å². The van der Waals surface area contributed by atoms with Crippen LogP contribution in [0.15, 0.2) is 31.1 Å². The van der Waals surface area contributed by atoms with E-state index in [2.05, 4.69) is 15.0 Å². The van der Waals surface area contributed by atoms with E-state index in [1.54, 1.807) is 24.9 Å². The Morgan fingerprint density at radius 1 is 1.24 bits per heavy atom. The van der Waals surface area contributed by atoms with Crippen LogP contribution < -0.4 is 5.73 Å². The zero-order chi connectivity index (χ0) is 17.5. The largest absolute Gasteiger partial charge is 0.382 e. The van der Waals surface area contributed by atoms with Crippen molar-refractivity contribution in [3.8, 4) is 0 Å². The molecule has 1 saturated heterocycles. The number of anilines is 1. The molecule has 0 aliphatic carbocycles. The predicted molar refractivity (Wildman–Crippen MR) is 95.5 cm³/mol. The van der Waals surface area contributed by atoms with Crippen LogP contribution in [0.25, 0.3) is 0 Å². The molecule has 1 aliphatic heterocycles. The SMILES string of the molecule is Nc1cnc(C[C@H]2CCCN(C(=O)CCCn3ccnc3)CC2)cn1. The van der Waals surface area contributed by atoms with E-state index >= 15 is 0 Å². The first-order valence-electron chi connectivity index (χ1n) is 9.00. The van der Waals surface area contributed by atoms with Crippen molar-refractivity contribution in [3.05, 3.63) is 36.8 Å². The summed E-state index contributed by atoms with van der Waals surface area (Å²) in [6, 6.07) is 0. The zero-order valence-corrected chi connectivity index (χ0v) is 14.5. The predicted octanol–water partition coefficient (Wildman–Crippen LogP) is 1.91. The molecule has 2 N–H and O–H groups in total. The summed E-state index contributed by atoms with van der Waals surface area (Å²) in [5, 5.41) is 0. The summed E-state index contributed by atoms with van der Waals surface area (Å²) in [6.45, 7) is 2.56. The van der Waals surface area contributed by atoms with Crippen molar-refractivity contribution >= 4 is 11.7 Å². The van der Waals surface area contributed by atoms with Gasteiger partial charge in [0.1, 0.15) is 5.82 Å². The lowest BCUT2D eigenvalue weighted by atomic mass is 9.95. The zero-order valence-electron chi connectivity index (χ0n) is 14.5. The first-order valence-corrected chi connectivity index (χ1v) is 9.00. The van der Waals surface area contributed by atoms with E-state index in [-0.39, 0.29) is 5.91 Å². The molecular weight excluding hydrogens is 316 g/mol. The maximum atomic E-state index is 12.4. The second kappa shape index (κ2) is 8.60. The third-order valence-electron chi connectivity index (χ3n) is 4.79. The minimum absolute atomic E-state index is 0.271. The van der Waals surface area contributed by atoms with Crippen LogP contribution in [0.5, 0.6) is 0 Å². The summed E-state index contributed by atoms with van der Waals surface area (Å²) in [6.07, 6.45) is 14.5. The van der Waals surface area contributed by atoms with Crippen molar-refractivity contribution in [1.29, 1.82) is 0 Å². The van der Waals surface area contributed by atoms with E-state index in [1.165, 1.54) is 0 Å². The summed E-state index contributed by atoms with van der Waals surface area (Å²) in [5.41, 5.74) is 6.57. The average molecular weight is 342 g/mol. The van der Waals surface area contributed by atoms with Gasteiger partial charge in [-0.05, 0) is 38.0 Å². The van der Waals surface area contributed by atoms with E-state index < -0.39 is 0 Å². The van der Waals surface area contributed by atoms with E-state index in [4.69, 9.17) is 5.73 Å². The number of carbonyl (C=O) groups is 1. The number of amides is 1. The summed E-state index contributed by atoms with van der Waals surface area (Å²) in [4.78, 5) is 27.0. The van der Waals surface area contributed by atoms with Gasteiger partial charge in [-0.3, -0.25) is 9.78 Å². The van der Waals surface area contributed by atoms with E-state index in [9.17, 15) is 4.79 Å². The van der Waals surface area contributed by atoms with Crippen LogP contribution in [-0.2, 0) is 17.8 Å². The molecule has 0 spiro atoms. The van der Waals surface area contributed by atoms with Gasteiger partial charge in [-0.2, -0.15) is 0 Å². The number of carbonyl (C=O) groups excluding carboxylic acids is 1. The maximum absolute atomic E-state index is 12.4. The second-order valence-corrected chi connectivity index (χ2v) is 6.72. The van der Waals surface area contributed by atoms with Crippen molar-refractivity contribution in [2.75, 3.05) is 18.8 Å². The molecule has 1 amide bonds. The minimum atomic E-state index is 0.271. The highest BCUT2D eigenvalue weighted by molar-refractivity contribution is 5.76. The molecule has 2 aromatic rings. The Labute approximate surface area is 148 Å². The van der Waals surface area contributed by atoms with Gasteiger partial charge in [0, 0.05) is 38.4 Å². The molecule has 0 bridgehead atoms. The van der Waals surface area contributed by atoms with Gasteiger partial charge in [0.2, 0.25) is 5.91 Å². The molecule has 1 atom stereocenters. The van der Waals surface area contributed by atoms with Crippen molar-refractivity contribution in [2.24, 2.45) is 5.92 Å². The molecule has 7 nitrogen and oxygen atoms in total. The van der Waals surface area contributed by atoms with Crippen molar-refractivity contribution in [3.63, 3.8) is 0 Å². The minimum Gasteiger partial charge on any atom is -0.382 e. The Hall–Kier alpha value is -2.44. The molecule has 3 rings (SSSR count). The summed E-state index contributed by atoms with van der Waals surface area (Å²) < 4.78 is 2.01. The highest BCUT2D eigenvalue weighted by Gasteiger charge is 2.21. The average Bonchev–Trinajstić information content (AvgIpc) is 3.02. The van der Waals surface area contributed by atoms with E-state index in [0.29, 0.717) is 18.2 Å². The van der Waals surface area contributed by atoms with Crippen molar-refractivity contribution in [2.45, 2.75) is 45.1 Å². The van der Waals surface area contributed by atoms with Crippen LogP contribution in [0.4, 0.5) is 5.82 Å². The quantitative estimate of drug-likeness (QED) is 0.866. The third-order valence-corrected chi connectivity index (χ3v) is 4.79. The molecule has 1 aliphatic rings. The van der Waals surface area contributed by atoms with Gasteiger partial charge in [0.25, 0.3) is 0 Å². The van der Waals surface area contributed by atoms with Crippen LogP contribution in [0, 0.1) is 5.92 Å². The summed E-state index contributed by atoms with van der Waals surface area (Å²) in [5.74, 6) is 1.28.